The second kappa shape index (κ2) is 9.56. The smallest absolute Gasteiger partial charge is 0.256 e. The summed E-state index contributed by atoms with van der Waals surface area (Å²) >= 11 is 1.45. The SMILES string of the molecule is Cc1ccc(-c2nc(CSc3nc4c(c(=O)[nH]3)CN(Cc3ccc(F)cc3)CC4)c(C)o2)cc1. The van der Waals surface area contributed by atoms with Crippen molar-refractivity contribution in [3.8, 4) is 11.5 Å². The van der Waals surface area contributed by atoms with Gasteiger partial charge in [0, 0.05) is 37.4 Å². The van der Waals surface area contributed by atoms with E-state index in [2.05, 4.69) is 14.9 Å². The molecule has 2 aromatic heterocycles. The largest absolute Gasteiger partial charge is 0.441 e. The average molecular weight is 477 g/mol. The molecule has 1 aliphatic rings. The van der Waals surface area contributed by atoms with Crippen LogP contribution in [-0.2, 0) is 25.3 Å². The van der Waals surface area contributed by atoms with E-state index in [0.717, 1.165) is 34.8 Å². The Morgan fingerprint density at radius 1 is 1.09 bits per heavy atom. The van der Waals surface area contributed by atoms with Gasteiger partial charge in [-0.25, -0.2) is 14.4 Å². The van der Waals surface area contributed by atoms with Gasteiger partial charge in [-0.1, -0.05) is 41.6 Å². The number of oxazole rings is 1. The molecule has 34 heavy (non-hydrogen) atoms. The van der Waals surface area contributed by atoms with E-state index in [1.54, 1.807) is 12.1 Å². The number of hydrogen-bond donors (Lipinski definition) is 1. The third-order valence-electron chi connectivity index (χ3n) is 5.98. The van der Waals surface area contributed by atoms with Crippen LogP contribution in [0, 0.1) is 19.7 Å². The lowest BCUT2D eigenvalue weighted by atomic mass is 10.1. The number of nitrogens with one attached hydrogen (secondary N) is 1. The van der Waals surface area contributed by atoms with E-state index in [1.807, 2.05) is 38.1 Å². The molecule has 1 N–H and O–H groups in total. The fourth-order valence-corrected chi connectivity index (χ4v) is 4.91. The van der Waals surface area contributed by atoms with Crippen LogP contribution in [0.4, 0.5) is 4.39 Å². The van der Waals surface area contributed by atoms with Crippen molar-refractivity contribution in [3.63, 3.8) is 0 Å². The average Bonchev–Trinajstić information content (AvgIpc) is 3.20. The van der Waals surface area contributed by atoms with Gasteiger partial charge >= 0.3 is 0 Å². The standard InChI is InChI=1S/C26H25FN4O2S/c1-16-3-7-19(8-4-16)25-28-23(17(2)33-25)15-34-26-29-22-11-12-31(14-21(22)24(32)30-26)13-18-5-9-20(27)10-6-18/h3-10H,11-15H2,1-2H3,(H,29,30,32). The lowest BCUT2D eigenvalue weighted by Crippen LogP contribution is -2.35. The first-order valence-corrected chi connectivity index (χ1v) is 12.2. The number of H-pyrrole nitrogens is 1. The summed E-state index contributed by atoms with van der Waals surface area (Å²) in [5.74, 6) is 1.67. The summed E-state index contributed by atoms with van der Waals surface area (Å²) in [5, 5.41) is 0.593. The van der Waals surface area contributed by atoms with E-state index >= 15 is 0 Å². The molecule has 5 rings (SSSR count). The van der Waals surface area contributed by atoms with Crippen molar-refractivity contribution in [1.82, 2.24) is 19.9 Å². The molecular formula is C26H25FN4O2S. The molecule has 6 nitrogen and oxygen atoms in total. The first kappa shape index (κ1) is 22.6. The van der Waals surface area contributed by atoms with Crippen LogP contribution in [-0.4, -0.2) is 26.4 Å². The molecule has 0 atom stereocenters. The molecule has 1 aliphatic heterocycles. The summed E-state index contributed by atoms with van der Waals surface area (Å²) in [6.07, 6.45) is 0.703. The molecule has 0 aliphatic carbocycles. The van der Waals surface area contributed by atoms with Crippen molar-refractivity contribution in [1.29, 1.82) is 0 Å². The number of halogens is 1. The van der Waals surface area contributed by atoms with Crippen molar-refractivity contribution >= 4 is 11.8 Å². The van der Waals surface area contributed by atoms with Crippen molar-refractivity contribution in [2.45, 2.75) is 44.3 Å². The van der Waals surface area contributed by atoms with Crippen molar-refractivity contribution in [2.75, 3.05) is 6.54 Å². The second-order valence-electron chi connectivity index (χ2n) is 8.56. The number of thioether (sulfide) groups is 1. The maximum atomic E-state index is 13.2. The molecule has 4 aromatic rings. The highest BCUT2D eigenvalue weighted by Gasteiger charge is 2.22. The Morgan fingerprint density at radius 3 is 2.62 bits per heavy atom. The van der Waals surface area contributed by atoms with Crippen LogP contribution in [0.15, 0.2) is 62.9 Å². The number of rotatable bonds is 6. The predicted octanol–water partition coefficient (Wildman–Crippen LogP) is 5.03. The number of benzene rings is 2. The van der Waals surface area contributed by atoms with Gasteiger partial charge in [0.25, 0.3) is 5.56 Å². The number of fused-ring (bicyclic) bond motifs is 1. The fraction of sp³-hybridized carbons (Fsp3) is 0.269. The highest BCUT2D eigenvalue weighted by molar-refractivity contribution is 7.98. The van der Waals surface area contributed by atoms with Crippen LogP contribution in [0.5, 0.6) is 0 Å². The summed E-state index contributed by atoms with van der Waals surface area (Å²) in [4.78, 5) is 27.3. The number of hydrogen-bond acceptors (Lipinski definition) is 6. The van der Waals surface area contributed by atoms with Crippen LogP contribution < -0.4 is 5.56 Å². The minimum absolute atomic E-state index is 0.103. The molecule has 3 heterocycles. The Bertz CT molecular complexity index is 1360. The molecule has 8 heteroatoms. The van der Waals surface area contributed by atoms with Gasteiger partial charge < -0.3 is 9.40 Å². The second-order valence-corrected chi connectivity index (χ2v) is 9.52. The van der Waals surface area contributed by atoms with Gasteiger partial charge in [-0.2, -0.15) is 0 Å². The van der Waals surface area contributed by atoms with Crippen LogP contribution in [0.25, 0.3) is 11.5 Å². The van der Waals surface area contributed by atoms with Crippen molar-refractivity contribution < 1.29 is 8.81 Å². The van der Waals surface area contributed by atoms with Gasteiger partial charge in [0.15, 0.2) is 5.16 Å². The van der Waals surface area contributed by atoms with Gasteiger partial charge in [-0.15, -0.1) is 0 Å². The van der Waals surface area contributed by atoms with E-state index in [9.17, 15) is 9.18 Å². The number of nitrogens with zero attached hydrogens (tertiary/aromatic N) is 3. The zero-order valence-corrected chi connectivity index (χ0v) is 19.9. The minimum Gasteiger partial charge on any atom is -0.441 e. The van der Waals surface area contributed by atoms with Crippen molar-refractivity contribution in [2.24, 2.45) is 0 Å². The molecule has 0 bridgehead atoms. The van der Waals surface area contributed by atoms with Gasteiger partial charge in [0.2, 0.25) is 5.89 Å². The molecule has 0 saturated carbocycles. The van der Waals surface area contributed by atoms with E-state index in [0.29, 0.717) is 41.9 Å². The normalized spacial score (nSPS) is 13.7. The first-order chi connectivity index (χ1) is 16.4. The van der Waals surface area contributed by atoms with Crippen LogP contribution >= 0.6 is 11.8 Å². The van der Waals surface area contributed by atoms with Gasteiger partial charge in [-0.3, -0.25) is 9.69 Å². The first-order valence-electron chi connectivity index (χ1n) is 11.2. The summed E-state index contributed by atoms with van der Waals surface area (Å²) in [6.45, 7) is 5.95. The Kier molecular flexibility index (Phi) is 6.34. The zero-order valence-electron chi connectivity index (χ0n) is 19.1. The van der Waals surface area contributed by atoms with Crippen molar-refractivity contribution in [3.05, 3.63) is 98.5 Å². The third-order valence-corrected chi connectivity index (χ3v) is 6.87. The monoisotopic (exact) mass is 476 g/mol. The molecule has 0 saturated heterocycles. The van der Waals surface area contributed by atoms with Gasteiger partial charge in [-0.05, 0) is 43.7 Å². The highest BCUT2D eigenvalue weighted by Crippen LogP contribution is 2.27. The maximum Gasteiger partial charge on any atom is 0.256 e. The van der Waals surface area contributed by atoms with E-state index in [1.165, 1.54) is 29.5 Å². The third kappa shape index (κ3) is 4.98. The van der Waals surface area contributed by atoms with Gasteiger partial charge in [0.05, 0.1) is 17.0 Å². The maximum absolute atomic E-state index is 13.2. The molecule has 2 aromatic carbocycles. The predicted molar refractivity (Wildman–Crippen MR) is 130 cm³/mol. The van der Waals surface area contributed by atoms with Gasteiger partial charge in [0.1, 0.15) is 11.6 Å². The molecule has 174 valence electrons. The Hall–Kier alpha value is -3.23. The number of aryl methyl sites for hydroxylation is 2. The Balaban J connectivity index is 1.26. The summed E-state index contributed by atoms with van der Waals surface area (Å²) in [6, 6.07) is 14.6. The molecule has 0 fully saturated rings. The summed E-state index contributed by atoms with van der Waals surface area (Å²) in [5.41, 5.74) is 5.43. The molecular weight excluding hydrogens is 451 g/mol. The minimum atomic E-state index is -0.245. The summed E-state index contributed by atoms with van der Waals surface area (Å²) < 4.78 is 19.0. The molecule has 0 unspecified atom stereocenters. The lowest BCUT2D eigenvalue weighted by Gasteiger charge is -2.27. The highest BCUT2D eigenvalue weighted by atomic mass is 32.2. The van der Waals surface area contributed by atoms with E-state index < -0.39 is 0 Å². The number of aromatic nitrogens is 3. The fourth-order valence-electron chi connectivity index (χ4n) is 4.03. The van der Waals surface area contributed by atoms with E-state index in [-0.39, 0.29) is 11.4 Å². The summed E-state index contributed by atoms with van der Waals surface area (Å²) in [7, 11) is 0. The van der Waals surface area contributed by atoms with Crippen LogP contribution in [0.2, 0.25) is 0 Å². The Labute approximate surface area is 201 Å². The van der Waals surface area contributed by atoms with Crippen LogP contribution in [0.3, 0.4) is 0 Å². The molecule has 0 amide bonds. The quantitative estimate of drug-likeness (QED) is 0.311. The van der Waals surface area contributed by atoms with Crippen LogP contribution in [0.1, 0.15) is 33.8 Å². The molecule has 0 spiro atoms. The van der Waals surface area contributed by atoms with E-state index in [4.69, 9.17) is 9.40 Å². The molecule has 0 radical (unpaired) electrons. The zero-order chi connectivity index (χ0) is 23.7. The Morgan fingerprint density at radius 2 is 1.85 bits per heavy atom. The number of aromatic amines is 1. The topological polar surface area (TPSA) is 75.0 Å². The lowest BCUT2D eigenvalue weighted by molar-refractivity contribution is 0.241.